The Morgan fingerprint density at radius 3 is 2.00 bits per heavy atom. The number of aliphatic carboxylic acids is 1. The minimum absolute atomic E-state index is 0.0926. The van der Waals surface area contributed by atoms with Gasteiger partial charge in [-0.05, 0) is 6.42 Å². The fourth-order valence-corrected chi connectivity index (χ4v) is 1.46. The number of aliphatic hydroxyl groups is 1. The van der Waals surface area contributed by atoms with Gasteiger partial charge in [0.2, 0.25) is 0 Å². The maximum atomic E-state index is 11.1. The molecule has 0 bridgehead atoms. The van der Waals surface area contributed by atoms with Crippen LogP contribution in [0.2, 0.25) is 0 Å². The zero-order valence-corrected chi connectivity index (χ0v) is 9.63. The van der Waals surface area contributed by atoms with Crippen LogP contribution in [0.15, 0.2) is 5.57 Å². The van der Waals surface area contributed by atoms with Gasteiger partial charge in [0, 0.05) is 5.41 Å². The first kappa shape index (κ1) is 13.9. The molecule has 0 spiro atoms. The smallest absolute Gasteiger partial charge is 0.341 e. The summed E-state index contributed by atoms with van der Waals surface area (Å²) in [6.07, 6.45) is 0.833. The summed E-state index contributed by atoms with van der Waals surface area (Å²) in [6, 6.07) is 0. The molecule has 0 aromatic carbocycles. The molecule has 0 aliphatic carbocycles. The molecule has 0 aliphatic heterocycles. The molecule has 0 heterocycles. The first-order valence-electron chi connectivity index (χ1n) is 4.92. The summed E-state index contributed by atoms with van der Waals surface area (Å²) in [7, 11) is 0. The third-order valence-corrected chi connectivity index (χ3v) is 2.45. The summed E-state index contributed by atoms with van der Waals surface area (Å²) < 4.78 is 0. The van der Waals surface area contributed by atoms with E-state index in [-0.39, 0.29) is 12.0 Å². The van der Waals surface area contributed by atoms with Gasteiger partial charge in [0.25, 0.3) is 0 Å². The molecule has 0 aromatic rings. The molecule has 1 unspecified atom stereocenters. The number of hydrogen-bond donors (Lipinski definition) is 2. The predicted octanol–water partition coefficient (Wildman–Crippen LogP) is 1.41. The van der Waals surface area contributed by atoms with Crippen molar-refractivity contribution < 1.29 is 19.8 Å². The number of carboxylic acids is 1. The second kappa shape index (κ2) is 4.60. The second-order valence-corrected chi connectivity index (χ2v) is 4.60. The SMILES string of the molecule is CCCC(=C=O)C(O)(C(=O)O)C(C)(C)C. The van der Waals surface area contributed by atoms with Gasteiger partial charge in [0.05, 0.1) is 5.57 Å². The number of rotatable bonds is 4. The van der Waals surface area contributed by atoms with Crippen molar-refractivity contribution in [1.29, 1.82) is 0 Å². The van der Waals surface area contributed by atoms with E-state index in [1.165, 1.54) is 0 Å². The highest BCUT2D eigenvalue weighted by Crippen LogP contribution is 2.37. The van der Waals surface area contributed by atoms with E-state index in [1.54, 1.807) is 26.7 Å². The third kappa shape index (κ3) is 2.46. The van der Waals surface area contributed by atoms with Crippen LogP contribution in [0.5, 0.6) is 0 Å². The lowest BCUT2D eigenvalue weighted by Crippen LogP contribution is -2.51. The van der Waals surface area contributed by atoms with Crippen molar-refractivity contribution in [3.63, 3.8) is 0 Å². The highest BCUT2D eigenvalue weighted by atomic mass is 16.4. The van der Waals surface area contributed by atoms with Crippen LogP contribution in [0, 0.1) is 5.41 Å². The average molecular weight is 214 g/mol. The standard InChI is InChI=1S/C11H18O4/c1-5-6-8(7-12)11(15,9(13)14)10(2,3)4/h15H,5-6H2,1-4H3,(H,13,14). The van der Waals surface area contributed by atoms with Crippen molar-refractivity contribution in [2.24, 2.45) is 5.41 Å². The van der Waals surface area contributed by atoms with Gasteiger partial charge in [0.15, 0.2) is 5.60 Å². The fourth-order valence-electron chi connectivity index (χ4n) is 1.46. The maximum absolute atomic E-state index is 11.1. The van der Waals surface area contributed by atoms with E-state index in [2.05, 4.69) is 0 Å². The maximum Gasteiger partial charge on any atom is 0.341 e. The lowest BCUT2D eigenvalue weighted by atomic mass is 9.71. The first-order valence-corrected chi connectivity index (χ1v) is 4.92. The fraction of sp³-hybridized carbons (Fsp3) is 0.727. The van der Waals surface area contributed by atoms with E-state index in [0.717, 1.165) is 0 Å². The molecule has 0 rings (SSSR count). The highest BCUT2D eigenvalue weighted by Gasteiger charge is 2.50. The van der Waals surface area contributed by atoms with Crippen LogP contribution in [-0.2, 0) is 9.59 Å². The van der Waals surface area contributed by atoms with Crippen molar-refractivity contribution >= 4 is 11.9 Å². The van der Waals surface area contributed by atoms with Crippen molar-refractivity contribution in [3.8, 4) is 0 Å². The van der Waals surface area contributed by atoms with Crippen molar-refractivity contribution in [2.45, 2.75) is 46.1 Å². The van der Waals surface area contributed by atoms with Gasteiger partial charge in [-0.2, -0.15) is 0 Å². The van der Waals surface area contributed by atoms with E-state index >= 15 is 0 Å². The van der Waals surface area contributed by atoms with Crippen LogP contribution in [-0.4, -0.2) is 27.7 Å². The van der Waals surface area contributed by atoms with Gasteiger partial charge in [-0.15, -0.1) is 0 Å². The molecule has 0 saturated heterocycles. The molecular formula is C11H18O4. The van der Waals surface area contributed by atoms with Gasteiger partial charge in [0.1, 0.15) is 5.94 Å². The Hall–Kier alpha value is -1.12. The van der Waals surface area contributed by atoms with Crippen LogP contribution < -0.4 is 0 Å². The molecule has 4 heteroatoms. The molecule has 0 radical (unpaired) electrons. The van der Waals surface area contributed by atoms with E-state index in [9.17, 15) is 14.7 Å². The number of carbonyl (C=O) groups is 1. The molecule has 0 aliphatic rings. The van der Waals surface area contributed by atoms with E-state index in [4.69, 9.17) is 5.11 Å². The van der Waals surface area contributed by atoms with Crippen LogP contribution in [0.3, 0.4) is 0 Å². The minimum Gasteiger partial charge on any atom is -0.479 e. The molecule has 2 N–H and O–H groups in total. The van der Waals surface area contributed by atoms with Gasteiger partial charge in [-0.3, -0.25) is 0 Å². The van der Waals surface area contributed by atoms with Crippen LogP contribution in [0.1, 0.15) is 40.5 Å². The Labute approximate surface area is 89.6 Å². The monoisotopic (exact) mass is 214 g/mol. The van der Waals surface area contributed by atoms with Crippen LogP contribution in [0.25, 0.3) is 0 Å². The third-order valence-electron chi connectivity index (χ3n) is 2.45. The van der Waals surface area contributed by atoms with Crippen molar-refractivity contribution in [3.05, 3.63) is 5.57 Å². The summed E-state index contributed by atoms with van der Waals surface area (Å²) in [5.41, 5.74) is -3.17. The van der Waals surface area contributed by atoms with E-state index < -0.39 is 17.0 Å². The zero-order chi connectivity index (χ0) is 12.3. The average Bonchev–Trinajstić information content (AvgIpc) is 2.10. The highest BCUT2D eigenvalue weighted by molar-refractivity contribution is 5.86. The topological polar surface area (TPSA) is 74.6 Å². The quantitative estimate of drug-likeness (QED) is 0.694. The van der Waals surface area contributed by atoms with E-state index in [1.807, 2.05) is 6.92 Å². The molecule has 1 atom stereocenters. The van der Waals surface area contributed by atoms with Gasteiger partial charge < -0.3 is 10.2 Å². The second-order valence-electron chi connectivity index (χ2n) is 4.60. The molecule has 0 aromatic heterocycles. The Bertz CT molecular complexity index is 294. The first-order chi connectivity index (χ1) is 6.71. The Kier molecular flexibility index (Phi) is 4.26. The van der Waals surface area contributed by atoms with Crippen LogP contribution in [0.4, 0.5) is 0 Å². The summed E-state index contributed by atoms with van der Waals surface area (Å²) in [6.45, 7) is 6.54. The summed E-state index contributed by atoms with van der Waals surface area (Å²) in [4.78, 5) is 21.8. The molecule has 0 saturated carbocycles. The summed E-state index contributed by atoms with van der Waals surface area (Å²) in [5.74, 6) is 0.166. The summed E-state index contributed by atoms with van der Waals surface area (Å²) >= 11 is 0. The lowest BCUT2D eigenvalue weighted by Gasteiger charge is -2.36. The van der Waals surface area contributed by atoms with Crippen molar-refractivity contribution in [2.75, 3.05) is 0 Å². The summed E-state index contributed by atoms with van der Waals surface area (Å²) in [5, 5.41) is 19.2. The minimum atomic E-state index is -2.13. The number of hydrogen-bond acceptors (Lipinski definition) is 3. The molecular weight excluding hydrogens is 196 g/mol. The molecule has 86 valence electrons. The number of carbonyl (C=O) groups excluding carboxylic acids is 1. The molecule has 0 amide bonds. The van der Waals surface area contributed by atoms with Gasteiger partial charge in [-0.1, -0.05) is 34.1 Å². The Morgan fingerprint density at radius 2 is 1.80 bits per heavy atom. The van der Waals surface area contributed by atoms with Crippen molar-refractivity contribution in [1.82, 2.24) is 0 Å². The molecule has 0 fully saturated rings. The largest absolute Gasteiger partial charge is 0.479 e. The Balaban J connectivity index is 5.49. The molecule has 4 nitrogen and oxygen atoms in total. The lowest BCUT2D eigenvalue weighted by molar-refractivity contribution is -0.164. The van der Waals surface area contributed by atoms with Gasteiger partial charge >= 0.3 is 5.97 Å². The number of carboxylic acid groups (broad SMARTS) is 1. The molecule has 15 heavy (non-hydrogen) atoms. The Morgan fingerprint density at radius 1 is 1.33 bits per heavy atom. The van der Waals surface area contributed by atoms with Crippen LogP contribution >= 0.6 is 0 Å². The van der Waals surface area contributed by atoms with E-state index in [0.29, 0.717) is 6.42 Å². The predicted molar refractivity (Wildman–Crippen MR) is 56.2 cm³/mol. The normalized spacial score (nSPS) is 15.3. The zero-order valence-electron chi connectivity index (χ0n) is 9.63. The van der Waals surface area contributed by atoms with Gasteiger partial charge in [-0.25, -0.2) is 9.59 Å².